The maximum Gasteiger partial charge on any atom is 0.323 e. The van der Waals surface area contributed by atoms with Crippen LogP contribution in [0, 0.1) is 5.92 Å². The number of rotatable bonds is 2. The van der Waals surface area contributed by atoms with E-state index in [1.165, 1.54) is 0 Å². The van der Waals surface area contributed by atoms with Crippen LogP contribution >= 0.6 is 0 Å². The molecule has 0 unspecified atom stereocenters. The summed E-state index contributed by atoms with van der Waals surface area (Å²) in [5, 5.41) is 0. The highest BCUT2D eigenvalue weighted by Gasteiger charge is 2.51. The summed E-state index contributed by atoms with van der Waals surface area (Å²) >= 11 is 0. The lowest BCUT2D eigenvalue weighted by Crippen LogP contribution is -2.49. The van der Waals surface area contributed by atoms with Gasteiger partial charge in [0.05, 0.1) is 12.7 Å². The molecule has 0 N–H and O–H groups in total. The summed E-state index contributed by atoms with van der Waals surface area (Å²) in [6.07, 6.45) is 3.00. The quantitative estimate of drug-likeness (QED) is 0.565. The molecule has 0 radical (unpaired) electrons. The van der Waals surface area contributed by atoms with E-state index in [0.29, 0.717) is 19.4 Å². The normalized spacial score (nSPS) is 32.4. The first-order valence-electron chi connectivity index (χ1n) is 7.17. The largest absolute Gasteiger partial charge is 0.422 e. The SMILES string of the molecule is CC1(C)OC[C@H](CC2C(=O)OC3(CCCC3)OC2=O)O1. The van der Waals surface area contributed by atoms with E-state index < -0.39 is 29.4 Å². The lowest BCUT2D eigenvalue weighted by Gasteiger charge is -2.35. The third-order valence-corrected chi connectivity index (χ3v) is 4.07. The number of ether oxygens (including phenoxy) is 4. The van der Waals surface area contributed by atoms with Crippen molar-refractivity contribution in [3.8, 4) is 0 Å². The summed E-state index contributed by atoms with van der Waals surface area (Å²) < 4.78 is 21.9. The minimum absolute atomic E-state index is 0.247. The van der Waals surface area contributed by atoms with Crippen molar-refractivity contribution < 1.29 is 28.5 Å². The molecule has 6 nitrogen and oxygen atoms in total. The number of hydrogen-bond acceptors (Lipinski definition) is 6. The van der Waals surface area contributed by atoms with Crippen molar-refractivity contribution in [3.63, 3.8) is 0 Å². The third-order valence-electron chi connectivity index (χ3n) is 4.07. The number of hydrogen-bond donors (Lipinski definition) is 0. The first-order valence-corrected chi connectivity index (χ1v) is 7.17. The van der Waals surface area contributed by atoms with Gasteiger partial charge < -0.3 is 18.9 Å². The summed E-state index contributed by atoms with van der Waals surface area (Å²) in [5.41, 5.74) is 0. The molecule has 2 aliphatic heterocycles. The van der Waals surface area contributed by atoms with Gasteiger partial charge in [0.2, 0.25) is 0 Å². The van der Waals surface area contributed by atoms with Gasteiger partial charge in [-0.1, -0.05) is 0 Å². The lowest BCUT2D eigenvalue weighted by atomic mass is 10.00. The van der Waals surface area contributed by atoms with Crippen LogP contribution in [0.15, 0.2) is 0 Å². The molecule has 2 heterocycles. The van der Waals surface area contributed by atoms with E-state index in [2.05, 4.69) is 0 Å². The molecule has 0 aromatic rings. The van der Waals surface area contributed by atoms with Crippen LogP contribution in [-0.2, 0) is 28.5 Å². The van der Waals surface area contributed by atoms with E-state index in [1.54, 1.807) is 13.8 Å². The van der Waals surface area contributed by atoms with Gasteiger partial charge in [0, 0.05) is 12.8 Å². The Hall–Kier alpha value is -1.14. The zero-order valence-electron chi connectivity index (χ0n) is 11.8. The van der Waals surface area contributed by atoms with E-state index in [0.717, 1.165) is 12.8 Å². The second-order valence-electron chi connectivity index (χ2n) is 6.20. The maximum atomic E-state index is 12.1. The van der Waals surface area contributed by atoms with E-state index in [9.17, 15) is 9.59 Å². The molecule has 0 aromatic carbocycles. The molecule has 0 aromatic heterocycles. The molecular weight excluding hydrogens is 264 g/mol. The Morgan fingerprint density at radius 2 is 1.70 bits per heavy atom. The van der Waals surface area contributed by atoms with Crippen LogP contribution < -0.4 is 0 Å². The molecule has 0 bridgehead atoms. The van der Waals surface area contributed by atoms with E-state index in [1.807, 2.05) is 0 Å². The molecule has 1 spiro atoms. The standard InChI is InChI=1S/C14H20O6/c1-13(2)17-8-9(18-13)7-10-11(15)19-14(20-12(10)16)5-3-4-6-14/h9-10H,3-8H2,1-2H3/t9-/m0/s1. The van der Waals surface area contributed by atoms with Crippen LogP contribution in [0.1, 0.15) is 46.0 Å². The van der Waals surface area contributed by atoms with E-state index in [-0.39, 0.29) is 12.5 Å². The zero-order chi connectivity index (χ0) is 14.4. The molecule has 20 heavy (non-hydrogen) atoms. The van der Waals surface area contributed by atoms with Crippen molar-refractivity contribution in [1.82, 2.24) is 0 Å². The number of carbonyl (C=O) groups excluding carboxylic acids is 2. The molecule has 3 fully saturated rings. The molecule has 1 aliphatic carbocycles. The fourth-order valence-electron chi connectivity index (χ4n) is 3.08. The van der Waals surface area contributed by atoms with Crippen LogP contribution in [-0.4, -0.2) is 36.2 Å². The molecule has 6 heteroatoms. The van der Waals surface area contributed by atoms with Gasteiger partial charge in [-0.3, -0.25) is 9.59 Å². The minimum atomic E-state index is -0.989. The van der Waals surface area contributed by atoms with Gasteiger partial charge >= 0.3 is 11.9 Å². The van der Waals surface area contributed by atoms with Crippen LogP contribution in [0.3, 0.4) is 0 Å². The smallest absolute Gasteiger partial charge is 0.323 e. The van der Waals surface area contributed by atoms with E-state index in [4.69, 9.17) is 18.9 Å². The number of esters is 2. The fourth-order valence-corrected chi connectivity index (χ4v) is 3.08. The molecule has 1 saturated carbocycles. The second kappa shape index (κ2) is 4.70. The Morgan fingerprint density at radius 3 is 2.20 bits per heavy atom. The number of carbonyl (C=O) groups is 2. The molecule has 2 saturated heterocycles. The Bertz CT molecular complexity index is 403. The Balaban J connectivity index is 1.63. The zero-order valence-corrected chi connectivity index (χ0v) is 11.8. The monoisotopic (exact) mass is 284 g/mol. The predicted octanol–water partition coefficient (Wildman–Crippen LogP) is 1.51. The van der Waals surface area contributed by atoms with Crippen LogP contribution in [0.4, 0.5) is 0 Å². The topological polar surface area (TPSA) is 71.1 Å². The van der Waals surface area contributed by atoms with Crippen molar-refractivity contribution in [3.05, 3.63) is 0 Å². The summed E-state index contributed by atoms with van der Waals surface area (Å²) in [6.45, 7) is 3.98. The van der Waals surface area contributed by atoms with Gasteiger partial charge in [-0.25, -0.2) is 0 Å². The molecular formula is C14H20O6. The summed E-state index contributed by atoms with van der Waals surface area (Å²) in [5.74, 6) is -3.53. The molecule has 112 valence electrons. The summed E-state index contributed by atoms with van der Waals surface area (Å²) in [6, 6.07) is 0. The Labute approximate surface area is 117 Å². The average Bonchev–Trinajstić information content (AvgIpc) is 2.91. The van der Waals surface area contributed by atoms with Crippen LogP contribution in [0.25, 0.3) is 0 Å². The lowest BCUT2D eigenvalue weighted by molar-refractivity contribution is -0.251. The first-order chi connectivity index (χ1) is 9.39. The van der Waals surface area contributed by atoms with Gasteiger partial charge in [-0.15, -0.1) is 0 Å². The maximum absolute atomic E-state index is 12.1. The van der Waals surface area contributed by atoms with Gasteiger partial charge in [0.15, 0.2) is 11.7 Å². The fraction of sp³-hybridized carbons (Fsp3) is 0.857. The van der Waals surface area contributed by atoms with Gasteiger partial charge in [0.1, 0.15) is 0 Å². The second-order valence-corrected chi connectivity index (χ2v) is 6.20. The average molecular weight is 284 g/mol. The van der Waals surface area contributed by atoms with Crippen molar-refractivity contribution in [2.75, 3.05) is 6.61 Å². The highest BCUT2D eigenvalue weighted by Crippen LogP contribution is 2.40. The highest BCUT2D eigenvalue weighted by atomic mass is 16.8. The Morgan fingerprint density at radius 1 is 1.10 bits per heavy atom. The van der Waals surface area contributed by atoms with Gasteiger partial charge in [0.25, 0.3) is 5.79 Å². The van der Waals surface area contributed by atoms with Crippen molar-refractivity contribution in [2.24, 2.45) is 5.92 Å². The van der Waals surface area contributed by atoms with Crippen LogP contribution in [0.5, 0.6) is 0 Å². The van der Waals surface area contributed by atoms with Crippen molar-refractivity contribution >= 4 is 11.9 Å². The first kappa shape index (κ1) is 13.8. The third kappa shape index (κ3) is 2.54. The van der Waals surface area contributed by atoms with Gasteiger partial charge in [-0.05, 0) is 33.1 Å². The Kier molecular flexibility index (Phi) is 3.25. The van der Waals surface area contributed by atoms with Crippen molar-refractivity contribution in [2.45, 2.75) is 63.6 Å². The predicted molar refractivity (Wildman–Crippen MR) is 66.4 cm³/mol. The molecule has 1 atom stereocenters. The summed E-state index contributed by atoms with van der Waals surface area (Å²) in [4.78, 5) is 24.2. The minimum Gasteiger partial charge on any atom is -0.422 e. The summed E-state index contributed by atoms with van der Waals surface area (Å²) in [7, 11) is 0. The molecule has 3 aliphatic rings. The molecule has 3 rings (SSSR count). The van der Waals surface area contributed by atoms with Crippen LogP contribution in [0.2, 0.25) is 0 Å². The van der Waals surface area contributed by atoms with Gasteiger partial charge in [-0.2, -0.15) is 0 Å². The molecule has 0 amide bonds. The van der Waals surface area contributed by atoms with Crippen molar-refractivity contribution in [1.29, 1.82) is 0 Å². The highest BCUT2D eigenvalue weighted by molar-refractivity contribution is 5.96. The van der Waals surface area contributed by atoms with E-state index >= 15 is 0 Å².